The van der Waals surface area contributed by atoms with Crippen molar-refractivity contribution >= 4 is 5.82 Å². The van der Waals surface area contributed by atoms with E-state index in [1.54, 1.807) is 24.3 Å². The first kappa shape index (κ1) is 14.2. The maximum atomic E-state index is 13.5. The first-order chi connectivity index (χ1) is 9.65. The molecule has 1 heterocycles. The van der Waals surface area contributed by atoms with Gasteiger partial charge in [0.05, 0.1) is 6.61 Å². The van der Waals surface area contributed by atoms with E-state index < -0.39 is 0 Å². The number of benzene rings is 1. The summed E-state index contributed by atoms with van der Waals surface area (Å²) < 4.78 is 19.0. The number of hydrogen-bond acceptors (Lipinski definition) is 4. The minimum atomic E-state index is -0.231. The molecule has 0 spiro atoms. The van der Waals surface area contributed by atoms with E-state index in [2.05, 4.69) is 29.1 Å². The lowest BCUT2D eigenvalue weighted by Gasteiger charge is -2.10. The number of hydrogen-bond donors (Lipinski definition) is 1. The van der Waals surface area contributed by atoms with Crippen LogP contribution in [0.3, 0.4) is 0 Å². The molecule has 0 aliphatic rings. The van der Waals surface area contributed by atoms with E-state index in [1.807, 2.05) is 0 Å². The average Bonchev–Trinajstić information content (AvgIpc) is 2.45. The first-order valence-electron chi connectivity index (χ1n) is 6.57. The van der Waals surface area contributed by atoms with Crippen molar-refractivity contribution < 1.29 is 9.13 Å². The number of nitrogens with zero attached hydrogens (tertiary/aromatic N) is 2. The van der Waals surface area contributed by atoms with Crippen LogP contribution < -0.4 is 10.1 Å². The van der Waals surface area contributed by atoms with Crippen LogP contribution in [0, 0.1) is 11.7 Å². The molecule has 20 heavy (non-hydrogen) atoms. The largest absolute Gasteiger partial charge is 0.477 e. The molecule has 0 fully saturated rings. The van der Waals surface area contributed by atoms with Gasteiger partial charge in [0.2, 0.25) is 5.88 Å². The highest BCUT2D eigenvalue weighted by molar-refractivity contribution is 5.38. The Morgan fingerprint density at radius 3 is 2.80 bits per heavy atom. The molecule has 1 aromatic heterocycles. The van der Waals surface area contributed by atoms with Crippen molar-refractivity contribution in [1.29, 1.82) is 0 Å². The molecule has 4 nitrogen and oxygen atoms in total. The third kappa shape index (κ3) is 4.19. The number of halogens is 1. The molecule has 2 rings (SSSR count). The van der Waals surface area contributed by atoms with Gasteiger partial charge in [-0.05, 0) is 12.0 Å². The van der Waals surface area contributed by atoms with E-state index in [1.165, 1.54) is 12.4 Å². The van der Waals surface area contributed by atoms with Gasteiger partial charge in [-0.15, -0.1) is 0 Å². The van der Waals surface area contributed by atoms with Crippen molar-refractivity contribution in [2.45, 2.75) is 20.4 Å². The SMILES string of the molecule is CC(C)COc1cc(NCc2ccccc2F)ncn1. The molecule has 0 saturated heterocycles. The molecular weight excluding hydrogens is 257 g/mol. The van der Waals surface area contributed by atoms with Gasteiger partial charge in [0.25, 0.3) is 0 Å². The highest BCUT2D eigenvalue weighted by atomic mass is 19.1. The standard InChI is InChI=1S/C15H18FN3O/c1-11(2)9-20-15-7-14(18-10-19-15)17-8-12-5-3-4-6-13(12)16/h3-7,10-11H,8-9H2,1-2H3,(H,17,18,19). The number of aromatic nitrogens is 2. The minimum absolute atomic E-state index is 0.231. The maximum Gasteiger partial charge on any atom is 0.218 e. The van der Waals surface area contributed by atoms with Gasteiger partial charge < -0.3 is 10.1 Å². The molecule has 0 aliphatic heterocycles. The number of anilines is 1. The highest BCUT2D eigenvalue weighted by Crippen LogP contribution is 2.14. The normalized spacial score (nSPS) is 10.6. The predicted octanol–water partition coefficient (Wildman–Crippen LogP) is 3.26. The second kappa shape index (κ2) is 6.84. The Morgan fingerprint density at radius 2 is 2.05 bits per heavy atom. The van der Waals surface area contributed by atoms with Crippen LogP contribution in [0.15, 0.2) is 36.7 Å². The van der Waals surface area contributed by atoms with Gasteiger partial charge in [-0.2, -0.15) is 0 Å². The Balaban J connectivity index is 1.96. The summed E-state index contributed by atoms with van der Waals surface area (Å²) in [6.45, 7) is 5.11. The van der Waals surface area contributed by atoms with Gasteiger partial charge in [0.15, 0.2) is 0 Å². The van der Waals surface area contributed by atoms with Crippen LogP contribution >= 0.6 is 0 Å². The van der Waals surface area contributed by atoms with Crippen LogP contribution in [0.4, 0.5) is 10.2 Å². The lowest BCUT2D eigenvalue weighted by Crippen LogP contribution is -2.07. The first-order valence-corrected chi connectivity index (χ1v) is 6.57. The molecule has 0 amide bonds. The fourth-order valence-electron chi connectivity index (χ4n) is 1.59. The lowest BCUT2D eigenvalue weighted by molar-refractivity contribution is 0.261. The van der Waals surface area contributed by atoms with E-state index in [0.29, 0.717) is 36.3 Å². The van der Waals surface area contributed by atoms with Crippen LogP contribution in [0.5, 0.6) is 5.88 Å². The molecule has 0 bridgehead atoms. The predicted molar refractivity (Wildman–Crippen MR) is 76.1 cm³/mol. The quantitative estimate of drug-likeness (QED) is 0.879. The topological polar surface area (TPSA) is 47.0 Å². The molecule has 0 atom stereocenters. The van der Waals surface area contributed by atoms with Crippen LogP contribution in [0.2, 0.25) is 0 Å². The fraction of sp³-hybridized carbons (Fsp3) is 0.333. The Morgan fingerprint density at radius 1 is 1.25 bits per heavy atom. The summed E-state index contributed by atoms with van der Waals surface area (Å²) in [4.78, 5) is 8.12. The van der Waals surface area contributed by atoms with E-state index in [4.69, 9.17) is 4.74 Å². The van der Waals surface area contributed by atoms with Crippen LogP contribution in [0.25, 0.3) is 0 Å². The minimum Gasteiger partial charge on any atom is -0.477 e. The van der Waals surface area contributed by atoms with Gasteiger partial charge in [-0.25, -0.2) is 14.4 Å². The van der Waals surface area contributed by atoms with Gasteiger partial charge in [-0.1, -0.05) is 32.0 Å². The van der Waals surface area contributed by atoms with E-state index >= 15 is 0 Å². The summed E-state index contributed by atoms with van der Waals surface area (Å²) in [5.74, 6) is 1.33. The molecule has 0 unspecified atom stereocenters. The van der Waals surface area contributed by atoms with Crippen LogP contribution in [-0.2, 0) is 6.54 Å². The zero-order chi connectivity index (χ0) is 14.4. The molecule has 106 valence electrons. The Hall–Kier alpha value is -2.17. The van der Waals surface area contributed by atoms with Crippen molar-refractivity contribution in [3.05, 3.63) is 48.0 Å². The van der Waals surface area contributed by atoms with E-state index in [9.17, 15) is 4.39 Å². The van der Waals surface area contributed by atoms with Crippen LogP contribution in [0.1, 0.15) is 19.4 Å². The molecule has 0 saturated carbocycles. The molecule has 1 N–H and O–H groups in total. The number of nitrogens with one attached hydrogen (secondary N) is 1. The highest BCUT2D eigenvalue weighted by Gasteiger charge is 2.03. The van der Waals surface area contributed by atoms with Crippen molar-refractivity contribution in [2.75, 3.05) is 11.9 Å². The molecule has 0 radical (unpaired) electrons. The Kier molecular flexibility index (Phi) is 4.87. The van der Waals surface area contributed by atoms with Gasteiger partial charge in [0.1, 0.15) is 18.0 Å². The second-order valence-corrected chi connectivity index (χ2v) is 4.89. The summed E-state index contributed by atoms with van der Waals surface area (Å²) in [6, 6.07) is 8.36. The number of ether oxygens (including phenoxy) is 1. The third-order valence-electron chi connectivity index (χ3n) is 2.62. The van der Waals surface area contributed by atoms with Gasteiger partial charge >= 0.3 is 0 Å². The smallest absolute Gasteiger partial charge is 0.218 e. The average molecular weight is 275 g/mol. The number of rotatable bonds is 6. The maximum absolute atomic E-state index is 13.5. The fourth-order valence-corrected chi connectivity index (χ4v) is 1.59. The summed E-state index contributed by atoms with van der Waals surface area (Å²) >= 11 is 0. The summed E-state index contributed by atoms with van der Waals surface area (Å²) in [6.07, 6.45) is 1.43. The second-order valence-electron chi connectivity index (χ2n) is 4.89. The van der Waals surface area contributed by atoms with Crippen molar-refractivity contribution in [2.24, 2.45) is 5.92 Å². The zero-order valence-corrected chi connectivity index (χ0v) is 11.6. The third-order valence-corrected chi connectivity index (χ3v) is 2.62. The summed E-state index contributed by atoms with van der Waals surface area (Å²) in [7, 11) is 0. The molecule has 5 heteroatoms. The Bertz CT molecular complexity index is 560. The van der Waals surface area contributed by atoms with Crippen molar-refractivity contribution in [3.8, 4) is 5.88 Å². The molecule has 1 aromatic carbocycles. The molecular formula is C15H18FN3O. The molecule has 2 aromatic rings. The van der Waals surface area contributed by atoms with Gasteiger partial charge in [0, 0.05) is 18.2 Å². The monoisotopic (exact) mass is 275 g/mol. The van der Waals surface area contributed by atoms with E-state index in [-0.39, 0.29) is 5.82 Å². The van der Waals surface area contributed by atoms with E-state index in [0.717, 1.165) is 0 Å². The molecule has 0 aliphatic carbocycles. The van der Waals surface area contributed by atoms with Crippen molar-refractivity contribution in [1.82, 2.24) is 9.97 Å². The van der Waals surface area contributed by atoms with Crippen molar-refractivity contribution in [3.63, 3.8) is 0 Å². The lowest BCUT2D eigenvalue weighted by atomic mass is 10.2. The summed E-state index contributed by atoms with van der Waals surface area (Å²) in [5.41, 5.74) is 0.593. The zero-order valence-electron chi connectivity index (χ0n) is 11.6. The summed E-state index contributed by atoms with van der Waals surface area (Å²) in [5, 5.41) is 3.06. The van der Waals surface area contributed by atoms with Gasteiger partial charge in [-0.3, -0.25) is 0 Å². The van der Waals surface area contributed by atoms with Crippen LogP contribution in [-0.4, -0.2) is 16.6 Å². The Labute approximate surface area is 118 Å².